The summed E-state index contributed by atoms with van der Waals surface area (Å²) in [5.74, 6) is -4.38. The van der Waals surface area contributed by atoms with Gasteiger partial charge in [0, 0.05) is 44.6 Å². The van der Waals surface area contributed by atoms with Crippen molar-refractivity contribution in [2.45, 2.75) is 189 Å². The summed E-state index contributed by atoms with van der Waals surface area (Å²) in [5, 5.41) is 143. The molecule has 0 aromatic rings. The molecule has 0 aliphatic carbocycles. The summed E-state index contributed by atoms with van der Waals surface area (Å²) in [6, 6.07) is -3.86. The van der Waals surface area contributed by atoms with Crippen molar-refractivity contribution in [2.24, 2.45) is 22.6 Å². The Morgan fingerprint density at radius 3 is 1.92 bits per heavy atom. The fourth-order valence-electron chi connectivity index (χ4n) is 8.62. The highest BCUT2D eigenvalue weighted by Crippen LogP contribution is 2.36. The van der Waals surface area contributed by atoms with E-state index < -0.39 is 172 Å². The Morgan fingerprint density at radius 1 is 0.753 bits per heavy atom. The molecule has 3 aliphatic heterocycles. The van der Waals surface area contributed by atoms with Gasteiger partial charge in [0.15, 0.2) is 12.1 Å². The topological polar surface area (TPSA) is 409 Å². The average molecular weight is 1100 g/mol. The molecule has 19 atom stereocenters. The van der Waals surface area contributed by atoms with Gasteiger partial charge in [-0.25, -0.2) is 20.3 Å². The first-order chi connectivity index (χ1) is 36.4. The molecule has 0 aromatic heterocycles. The normalized spacial score (nSPS) is 40.5. The second-order valence-corrected chi connectivity index (χ2v) is 19.8. The number of nitrogens with zero attached hydrogens (tertiary/aromatic N) is 2. The van der Waals surface area contributed by atoms with Gasteiger partial charge in [0.25, 0.3) is 0 Å². The lowest BCUT2D eigenvalue weighted by molar-refractivity contribution is -0.303. The number of nitrogens with one attached hydrogen (secondary N) is 2. The second kappa shape index (κ2) is 33.8. The van der Waals surface area contributed by atoms with Crippen LogP contribution >= 0.6 is 0 Å². The van der Waals surface area contributed by atoms with E-state index in [1.165, 1.54) is 20.0 Å². The third kappa shape index (κ3) is 23.4. The number of hydroxylamine groups is 3. The molecular weight excluding hydrogens is 1010 g/mol. The lowest BCUT2D eigenvalue weighted by Gasteiger charge is -2.46. The van der Waals surface area contributed by atoms with Gasteiger partial charge in [-0.3, -0.25) is 14.8 Å². The largest absolute Gasteiger partial charge is 0.462 e. The molecular formula is C52H85N5O20. The van der Waals surface area contributed by atoms with E-state index in [9.17, 15) is 76.1 Å². The van der Waals surface area contributed by atoms with Gasteiger partial charge in [-0.05, 0) is 33.1 Å². The summed E-state index contributed by atoms with van der Waals surface area (Å²) in [7, 11) is 1.17. The molecule has 0 saturated carbocycles. The number of amides is 2. The number of urea groups is 1. The molecule has 2 saturated heterocycles. The number of guanidine groups is 1. The van der Waals surface area contributed by atoms with E-state index in [0.717, 1.165) is 0 Å². The maximum Gasteiger partial charge on any atom is 0.339 e. The van der Waals surface area contributed by atoms with Gasteiger partial charge in [-0.2, -0.15) is 0 Å². The van der Waals surface area contributed by atoms with Crippen LogP contribution in [0.5, 0.6) is 0 Å². The summed E-state index contributed by atoms with van der Waals surface area (Å²) < 4.78 is 23.8. The van der Waals surface area contributed by atoms with Crippen LogP contribution in [0.3, 0.4) is 0 Å². The first kappa shape index (κ1) is 66.8. The third-order valence-corrected chi connectivity index (χ3v) is 13.3. The summed E-state index contributed by atoms with van der Waals surface area (Å²) in [5.41, 5.74) is 7.83. The number of ether oxygens (including phenoxy) is 4. The molecule has 2 bridgehead atoms. The minimum atomic E-state index is -2.39. The number of rotatable bonds is 8. The van der Waals surface area contributed by atoms with Gasteiger partial charge in [-0.1, -0.05) is 98.9 Å². The van der Waals surface area contributed by atoms with Crippen LogP contribution in [-0.4, -0.2) is 219 Å². The number of carbonyl (C=O) groups is 2. The van der Waals surface area contributed by atoms with E-state index in [4.69, 9.17) is 29.5 Å². The molecule has 17 N–H and O–H groups in total. The van der Waals surface area contributed by atoms with Crippen molar-refractivity contribution in [1.82, 2.24) is 15.9 Å². The Balaban J connectivity index is 2.01. The van der Waals surface area contributed by atoms with E-state index in [-0.39, 0.29) is 31.6 Å². The summed E-state index contributed by atoms with van der Waals surface area (Å²) in [6.45, 7) is 5.31. The summed E-state index contributed by atoms with van der Waals surface area (Å²) in [6.07, 6.45) is 0.590. The Morgan fingerprint density at radius 2 is 1.34 bits per heavy atom. The van der Waals surface area contributed by atoms with Gasteiger partial charge in [0.05, 0.1) is 86.7 Å². The molecule has 3 heterocycles. The maximum absolute atomic E-state index is 13.1. The van der Waals surface area contributed by atoms with Crippen LogP contribution in [0.15, 0.2) is 90.1 Å². The number of carbonyl (C=O) groups excluding carboxylic acids is 2. The highest BCUT2D eigenvalue weighted by molar-refractivity contribution is 5.76. The van der Waals surface area contributed by atoms with Crippen molar-refractivity contribution in [3.63, 3.8) is 0 Å². The molecule has 3 aliphatic rings. The fourth-order valence-corrected chi connectivity index (χ4v) is 8.62. The molecule has 0 aromatic carbocycles. The quantitative estimate of drug-likeness (QED) is 0.0578. The van der Waals surface area contributed by atoms with E-state index in [1.54, 1.807) is 86.8 Å². The number of nitrogens with two attached hydrogens (primary N) is 1. The van der Waals surface area contributed by atoms with Crippen molar-refractivity contribution in [3.05, 3.63) is 85.1 Å². The molecule has 77 heavy (non-hydrogen) atoms. The van der Waals surface area contributed by atoms with Crippen LogP contribution in [0.4, 0.5) is 4.79 Å². The second-order valence-electron chi connectivity index (χ2n) is 19.8. The molecule has 0 spiro atoms. The van der Waals surface area contributed by atoms with E-state index >= 15 is 0 Å². The van der Waals surface area contributed by atoms with Gasteiger partial charge in [0.1, 0.15) is 30.5 Å². The SMILES string of the molecule is C[C@@H]1[C@H](O)[C@@H](C)/C=C/C=C/C=C/C=C/C=C/C=C/C=C/[C@H](O[C@@H]2O[C@H](C)[C@@H](O)[C@H](/N=C(\N)N(C)O)[C@@H]2O)C[C@@H]2O[C@](O)(C[C@@H](O)C[C@@H](O)[C@H](O)CC[C@@H](O)C[C@@H](O)CC(=O)O[C@H]1C)C[C@H](O)[C@H]2NC(=O)NOC(CO)CO. The number of cyclic esters (lactones) is 1. The monoisotopic (exact) mass is 1100 g/mol. The number of fused-ring (bicyclic) bond motifs is 2. The first-order valence-electron chi connectivity index (χ1n) is 25.8. The minimum Gasteiger partial charge on any atom is -0.462 e. The van der Waals surface area contributed by atoms with Crippen molar-refractivity contribution in [2.75, 3.05) is 20.3 Å². The van der Waals surface area contributed by atoms with Crippen LogP contribution in [0.2, 0.25) is 0 Å². The zero-order valence-corrected chi connectivity index (χ0v) is 44.3. The van der Waals surface area contributed by atoms with Crippen molar-refractivity contribution in [1.29, 1.82) is 0 Å². The molecule has 25 nitrogen and oxygen atoms in total. The van der Waals surface area contributed by atoms with Crippen molar-refractivity contribution < 1.29 is 99.9 Å². The fraction of sp³-hybridized carbons (Fsp3) is 0.673. The van der Waals surface area contributed by atoms with E-state index in [1.807, 2.05) is 18.5 Å². The standard InChI is InChI=1S/C52H85N5O20/c1-30-18-16-14-12-10-8-6-7-9-11-13-15-17-19-37(75-49-48(69)45(47(68)33(4)74-49)54-50(53)57(5)72)25-42-44(55-51(70)56-77-38(28-58)29-59)41(65)27-52(71,76-42)26-36(62)23-40(64)39(63)21-20-34(60)22-35(61)24-43(66)73-32(3)31(2)46(30)67/h6-19,30-42,44-49,58-65,67-69,71-72H,20-29H2,1-5H3,(H2,53,54)(H2,55,56,70)/b7-6+,10-8+,11-9+,14-12+,15-13+,18-16+,19-17+/t30-,31-,32-,33+,34+,35+,36-,37-,39+,40+,41-,42-,44+,45-,46+,47+,48-,49-,52+/m0/s1. The number of hydrogen-bond acceptors (Lipinski definition) is 21. The van der Waals surface area contributed by atoms with E-state index in [2.05, 4.69) is 10.3 Å². The van der Waals surface area contributed by atoms with Crippen LogP contribution in [0.25, 0.3) is 0 Å². The van der Waals surface area contributed by atoms with Gasteiger partial charge in [0.2, 0.25) is 5.96 Å². The number of allylic oxidation sites excluding steroid dienone is 12. The maximum atomic E-state index is 13.1. The van der Waals surface area contributed by atoms with Crippen LogP contribution in [0.1, 0.15) is 79.1 Å². The van der Waals surface area contributed by atoms with Gasteiger partial charge >= 0.3 is 12.0 Å². The van der Waals surface area contributed by atoms with Crippen LogP contribution < -0.4 is 16.5 Å². The highest BCUT2D eigenvalue weighted by Gasteiger charge is 2.49. The average Bonchev–Trinajstić information content (AvgIpc) is 3.36. The predicted octanol–water partition coefficient (Wildman–Crippen LogP) is -1.36. The van der Waals surface area contributed by atoms with Crippen LogP contribution in [-0.2, 0) is 28.6 Å². The van der Waals surface area contributed by atoms with Gasteiger partial charge in [-0.15, -0.1) is 0 Å². The Bertz CT molecular complexity index is 2000. The Hall–Kier alpha value is -4.49. The minimum absolute atomic E-state index is 0.142. The molecule has 25 heteroatoms. The molecule has 2 amide bonds. The zero-order valence-electron chi connectivity index (χ0n) is 44.3. The lowest BCUT2D eigenvalue weighted by Crippen LogP contribution is -2.63. The number of hydrogen-bond donors (Lipinski definition) is 16. The van der Waals surface area contributed by atoms with Crippen LogP contribution in [0, 0.1) is 11.8 Å². The molecule has 0 radical (unpaired) electrons. The lowest BCUT2D eigenvalue weighted by atomic mass is 9.87. The number of esters is 1. The molecule has 3 rings (SSSR count). The highest BCUT2D eigenvalue weighted by atomic mass is 16.7. The number of aliphatic imine (C=N–C) groups is 1. The first-order valence-corrected chi connectivity index (χ1v) is 25.8. The van der Waals surface area contributed by atoms with Gasteiger partial charge < -0.3 is 91.3 Å². The van der Waals surface area contributed by atoms with Crippen molar-refractivity contribution >= 4 is 18.0 Å². The Labute approximate surface area is 449 Å². The predicted molar refractivity (Wildman–Crippen MR) is 277 cm³/mol. The number of aliphatic hydroxyl groups is 12. The zero-order chi connectivity index (χ0) is 57.4. The Kier molecular flexibility index (Phi) is 29.3. The third-order valence-electron chi connectivity index (χ3n) is 13.3. The number of aliphatic hydroxyl groups excluding tert-OH is 11. The summed E-state index contributed by atoms with van der Waals surface area (Å²) in [4.78, 5) is 34.9. The smallest absolute Gasteiger partial charge is 0.339 e. The summed E-state index contributed by atoms with van der Waals surface area (Å²) >= 11 is 0. The molecule has 2 fully saturated rings. The van der Waals surface area contributed by atoms with Crippen molar-refractivity contribution in [3.8, 4) is 0 Å². The molecule has 438 valence electrons. The van der Waals surface area contributed by atoms with E-state index in [0.29, 0.717) is 5.06 Å². The molecule has 0 unspecified atom stereocenters.